The molecular formula is C12H12N2O3S. The van der Waals surface area contributed by atoms with Gasteiger partial charge in [0, 0.05) is 19.0 Å². The third-order valence-corrected chi connectivity index (χ3v) is 3.86. The monoisotopic (exact) mass is 264 g/mol. The van der Waals surface area contributed by atoms with Crippen LogP contribution in [0.1, 0.15) is 0 Å². The maximum atomic E-state index is 11.9. The van der Waals surface area contributed by atoms with Gasteiger partial charge in [-0.1, -0.05) is 18.2 Å². The van der Waals surface area contributed by atoms with Crippen LogP contribution >= 0.6 is 11.8 Å². The number of rotatable bonds is 2. The van der Waals surface area contributed by atoms with Gasteiger partial charge in [0.25, 0.3) is 11.8 Å². The number of nitrogens with zero attached hydrogens (tertiary/aromatic N) is 2. The van der Waals surface area contributed by atoms with Gasteiger partial charge < -0.3 is 0 Å². The SMILES string of the molecule is CN1C(=O)C(Sc2ccccc2)C(=O)N(C)C1=O. The van der Waals surface area contributed by atoms with Gasteiger partial charge in [-0.3, -0.25) is 19.4 Å². The number of benzene rings is 1. The van der Waals surface area contributed by atoms with E-state index in [0.717, 1.165) is 26.5 Å². The molecule has 0 spiro atoms. The number of urea groups is 1. The summed E-state index contributed by atoms with van der Waals surface area (Å²) < 4.78 is 0. The molecule has 1 aromatic rings. The van der Waals surface area contributed by atoms with Gasteiger partial charge in [-0.25, -0.2) is 4.79 Å². The third kappa shape index (κ3) is 2.11. The minimum atomic E-state index is -0.889. The Labute approximate surface area is 109 Å². The molecule has 0 aromatic heterocycles. The van der Waals surface area contributed by atoms with Crippen molar-refractivity contribution in [2.24, 2.45) is 0 Å². The van der Waals surface area contributed by atoms with E-state index in [-0.39, 0.29) is 0 Å². The molecule has 1 aliphatic rings. The summed E-state index contributed by atoms with van der Waals surface area (Å²) in [6.45, 7) is 0. The first-order chi connectivity index (χ1) is 8.52. The highest BCUT2D eigenvalue weighted by Crippen LogP contribution is 2.28. The molecule has 18 heavy (non-hydrogen) atoms. The quantitative estimate of drug-likeness (QED) is 0.753. The molecule has 2 rings (SSSR count). The topological polar surface area (TPSA) is 57.7 Å². The summed E-state index contributed by atoms with van der Waals surface area (Å²) in [5.41, 5.74) is 0. The standard InChI is InChI=1S/C12H12N2O3S/c1-13-10(15)9(11(16)14(2)12(13)17)18-8-6-4-3-5-7-8/h3-7,9H,1-2H3. The zero-order chi connectivity index (χ0) is 13.3. The van der Waals surface area contributed by atoms with Crippen LogP contribution < -0.4 is 0 Å². The summed E-state index contributed by atoms with van der Waals surface area (Å²) in [6, 6.07) is 8.58. The lowest BCUT2D eigenvalue weighted by molar-refractivity contribution is -0.139. The van der Waals surface area contributed by atoms with Gasteiger partial charge in [-0.05, 0) is 12.1 Å². The van der Waals surface area contributed by atoms with Crippen LogP contribution in [0.15, 0.2) is 35.2 Å². The smallest absolute Gasteiger partial charge is 0.272 e. The van der Waals surface area contributed by atoms with Crippen molar-refractivity contribution in [2.45, 2.75) is 10.1 Å². The van der Waals surface area contributed by atoms with Crippen molar-refractivity contribution < 1.29 is 14.4 Å². The fraction of sp³-hybridized carbons (Fsp3) is 0.250. The molecule has 0 radical (unpaired) electrons. The average molecular weight is 264 g/mol. The number of thioether (sulfide) groups is 1. The Kier molecular flexibility index (Phi) is 3.38. The number of hydrogen-bond acceptors (Lipinski definition) is 4. The van der Waals surface area contributed by atoms with E-state index in [9.17, 15) is 14.4 Å². The van der Waals surface area contributed by atoms with Crippen molar-refractivity contribution in [3.63, 3.8) is 0 Å². The van der Waals surface area contributed by atoms with E-state index in [4.69, 9.17) is 0 Å². The molecule has 0 aliphatic carbocycles. The second kappa shape index (κ2) is 4.81. The van der Waals surface area contributed by atoms with Crippen molar-refractivity contribution in [3.05, 3.63) is 30.3 Å². The Bertz CT molecular complexity index is 479. The lowest BCUT2D eigenvalue weighted by atomic mass is 10.3. The molecular weight excluding hydrogens is 252 g/mol. The molecule has 94 valence electrons. The van der Waals surface area contributed by atoms with Gasteiger partial charge in [0.1, 0.15) is 0 Å². The van der Waals surface area contributed by atoms with Crippen LogP contribution in [0.4, 0.5) is 4.79 Å². The first-order valence-corrected chi connectivity index (χ1v) is 6.21. The van der Waals surface area contributed by atoms with Crippen LogP contribution in [-0.4, -0.2) is 47.0 Å². The predicted octanol–water partition coefficient (Wildman–Crippen LogP) is 1.20. The maximum Gasteiger partial charge on any atom is 0.332 e. The minimum absolute atomic E-state index is 0.475. The highest BCUT2D eigenvalue weighted by Gasteiger charge is 2.42. The van der Waals surface area contributed by atoms with E-state index >= 15 is 0 Å². The molecule has 1 aliphatic heterocycles. The number of imide groups is 2. The lowest BCUT2D eigenvalue weighted by Crippen LogP contribution is -2.58. The fourth-order valence-electron chi connectivity index (χ4n) is 1.61. The van der Waals surface area contributed by atoms with Gasteiger partial charge >= 0.3 is 6.03 Å². The molecule has 1 heterocycles. The molecule has 0 saturated carbocycles. The minimum Gasteiger partial charge on any atom is -0.272 e. The van der Waals surface area contributed by atoms with Gasteiger partial charge in [-0.15, -0.1) is 11.8 Å². The van der Waals surface area contributed by atoms with E-state index in [1.54, 1.807) is 0 Å². The van der Waals surface area contributed by atoms with Crippen molar-refractivity contribution in [3.8, 4) is 0 Å². The summed E-state index contributed by atoms with van der Waals surface area (Å²) in [7, 11) is 2.76. The number of amides is 4. The van der Waals surface area contributed by atoms with Crippen LogP contribution in [0.5, 0.6) is 0 Å². The molecule has 1 fully saturated rings. The fourth-order valence-corrected chi connectivity index (χ4v) is 2.71. The van der Waals surface area contributed by atoms with Gasteiger partial charge in [0.05, 0.1) is 0 Å². The Hall–Kier alpha value is -1.82. The van der Waals surface area contributed by atoms with Crippen LogP contribution in [0, 0.1) is 0 Å². The summed E-state index contributed by atoms with van der Waals surface area (Å²) in [4.78, 5) is 38.2. The van der Waals surface area contributed by atoms with E-state index in [1.807, 2.05) is 30.3 Å². The molecule has 0 unspecified atom stereocenters. The Balaban J connectivity index is 2.24. The average Bonchev–Trinajstić information content (AvgIpc) is 2.40. The predicted molar refractivity (Wildman–Crippen MR) is 67.0 cm³/mol. The number of barbiturate groups is 1. The van der Waals surface area contributed by atoms with Gasteiger partial charge in [-0.2, -0.15) is 0 Å². The lowest BCUT2D eigenvalue weighted by Gasteiger charge is -2.32. The maximum absolute atomic E-state index is 11.9. The van der Waals surface area contributed by atoms with Crippen LogP contribution in [-0.2, 0) is 9.59 Å². The highest BCUT2D eigenvalue weighted by atomic mass is 32.2. The summed E-state index contributed by atoms with van der Waals surface area (Å²) in [5.74, 6) is -0.950. The Morgan fingerprint density at radius 2 is 1.44 bits per heavy atom. The van der Waals surface area contributed by atoms with Crippen molar-refractivity contribution in [2.75, 3.05) is 14.1 Å². The largest absolute Gasteiger partial charge is 0.332 e. The third-order valence-electron chi connectivity index (χ3n) is 2.68. The zero-order valence-corrected chi connectivity index (χ0v) is 10.8. The molecule has 4 amide bonds. The summed E-state index contributed by atoms with van der Waals surface area (Å²) in [5, 5.41) is -0.889. The van der Waals surface area contributed by atoms with Crippen LogP contribution in [0.25, 0.3) is 0 Å². The molecule has 0 atom stereocenters. The highest BCUT2D eigenvalue weighted by molar-refractivity contribution is 8.01. The van der Waals surface area contributed by atoms with E-state index in [0.29, 0.717) is 0 Å². The zero-order valence-electron chi connectivity index (χ0n) is 9.99. The molecule has 5 nitrogen and oxygen atoms in total. The molecule has 0 N–H and O–H groups in total. The number of carbonyl (C=O) groups is 3. The summed E-state index contributed by atoms with van der Waals surface area (Å²) >= 11 is 1.16. The van der Waals surface area contributed by atoms with Gasteiger partial charge in [0.15, 0.2) is 5.25 Å². The normalized spacial score (nSPS) is 17.6. The Morgan fingerprint density at radius 1 is 0.944 bits per heavy atom. The first-order valence-electron chi connectivity index (χ1n) is 5.33. The van der Waals surface area contributed by atoms with Crippen molar-refractivity contribution in [1.29, 1.82) is 0 Å². The molecule has 6 heteroatoms. The van der Waals surface area contributed by atoms with E-state index in [2.05, 4.69) is 0 Å². The van der Waals surface area contributed by atoms with Crippen molar-refractivity contribution >= 4 is 29.6 Å². The van der Waals surface area contributed by atoms with Gasteiger partial charge in [0.2, 0.25) is 0 Å². The molecule has 0 bridgehead atoms. The van der Waals surface area contributed by atoms with Crippen LogP contribution in [0.3, 0.4) is 0 Å². The number of carbonyl (C=O) groups excluding carboxylic acids is 3. The van der Waals surface area contributed by atoms with Crippen LogP contribution in [0.2, 0.25) is 0 Å². The van der Waals surface area contributed by atoms with Crippen molar-refractivity contribution in [1.82, 2.24) is 9.80 Å². The van der Waals surface area contributed by atoms with E-state index in [1.165, 1.54) is 14.1 Å². The summed E-state index contributed by atoms with van der Waals surface area (Å²) in [6.07, 6.45) is 0. The number of hydrogen-bond donors (Lipinski definition) is 0. The first kappa shape index (κ1) is 12.6. The Morgan fingerprint density at radius 3 is 1.94 bits per heavy atom. The van der Waals surface area contributed by atoms with E-state index < -0.39 is 23.1 Å². The second-order valence-electron chi connectivity index (χ2n) is 3.89. The molecule has 1 aromatic carbocycles. The second-order valence-corrected chi connectivity index (χ2v) is 5.07. The molecule has 1 saturated heterocycles.